The smallest absolute Gasteiger partial charge is 0.429 e. The molecule has 4 aromatic rings. The number of benzene rings is 4. The molecule has 0 aromatic heterocycles. The Balaban J connectivity index is 1.16. The number of ether oxygens (including phenoxy) is 2. The van der Waals surface area contributed by atoms with Crippen LogP contribution in [0.2, 0.25) is 5.02 Å². The van der Waals surface area contributed by atoms with E-state index < -0.39 is 71.1 Å². The topological polar surface area (TPSA) is 106 Å². The zero-order valence-electron chi connectivity index (χ0n) is 30.8. The van der Waals surface area contributed by atoms with Gasteiger partial charge in [-0.15, -0.1) is 0 Å². The molecule has 0 saturated heterocycles. The van der Waals surface area contributed by atoms with Gasteiger partial charge in [-0.1, -0.05) is 35.4 Å². The molecule has 3 fully saturated rings. The second kappa shape index (κ2) is 16.2. The summed E-state index contributed by atoms with van der Waals surface area (Å²) in [4.78, 5) is 40.6. The van der Waals surface area contributed by atoms with Gasteiger partial charge in [-0.3, -0.25) is 14.9 Å². The van der Waals surface area contributed by atoms with Gasteiger partial charge in [0, 0.05) is 39.5 Å². The molecule has 8 nitrogen and oxygen atoms in total. The lowest BCUT2D eigenvalue weighted by atomic mass is 9.83. The van der Waals surface area contributed by atoms with Crippen molar-refractivity contribution < 1.29 is 59.0 Å². The highest BCUT2D eigenvalue weighted by Crippen LogP contribution is 2.54. The Morgan fingerprint density at radius 1 is 0.797 bits per heavy atom. The lowest BCUT2D eigenvalue weighted by molar-refractivity contribution is -0.205. The number of allylic oxidation sites excluding steroid dienone is 1. The normalized spacial score (nSPS) is 21.2. The Hall–Kier alpha value is -5.64. The quantitative estimate of drug-likeness (QED) is 0.109. The van der Waals surface area contributed by atoms with E-state index in [1.807, 2.05) is 0 Å². The number of carbonyl (C=O) groups is 3. The summed E-state index contributed by atoms with van der Waals surface area (Å²) in [5.74, 6) is -5.25. The average Bonchev–Trinajstić information content (AvgIpc) is 3.86. The van der Waals surface area contributed by atoms with E-state index in [9.17, 15) is 45.1 Å². The van der Waals surface area contributed by atoms with Crippen LogP contribution in [0.4, 0.5) is 51.3 Å². The van der Waals surface area contributed by atoms with E-state index in [0.29, 0.717) is 35.9 Å². The molecule has 4 unspecified atom stereocenters. The summed E-state index contributed by atoms with van der Waals surface area (Å²) in [7, 11) is 1.26. The van der Waals surface area contributed by atoms with Gasteiger partial charge in [-0.05, 0) is 110 Å². The van der Waals surface area contributed by atoms with E-state index in [0.717, 1.165) is 42.7 Å². The van der Waals surface area contributed by atoms with Crippen LogP contribution in [0.25, 0.3) is 11.1 Å². The Kier molecular flexibility index (Phi) is 11.4. The molecular weight excluding hydrogens is 814 g/mol. The van der Waals surface area contributed by atoms with Gasteiger partial charge in [0.2, 0.25) is 12.0 Å². The van der Waals surface area contributed by atoms with Gasteiger partial charge in [-0.25, -0.2) is 13.6 Å². The molecule has 3 N–H and O–H groups in total. The molecular formula is C42H34ClF8N3O5. The van der Waals surface area contributed by atoms with E-state index in [-0.39, 0.29) is 45.7 Å². The van der Waals surface area contributed by atoms with Crippen LogP contribution in [-0.4, -0.2) is 37.2 Å². The van der Waals surface area contributed by atoms with Gasteiger partial charge in [0.05, 0.1) is 24.2 Å². The zero-order chi connectivity index (χ0) is 42.4. The Morgan fingerprint density at radius 3 is 2.14 bits per heavy atom. The lowest BCUT2D eigenvalue weighted by Crippen LogP contribution is -2.48. The summed E-state index contributed by atoms with van der Waals surface area (Å²) in [6, 6.07) is 13.0. The van der Waals surface area contributed by atoms with Gasteiger partial charge in [0.25, 0.3) is 5.91 Å². The standard InChI is InChI=1S/C42H34ClF8N3O5/c1-58-34-15-5-21(28-18-22(4-13-32(28)44)37(42(49,50)51)59-40(57)53-24-8-6-23(43)7-9-24)17-30(34)38(55)54-36-27-12-11-26(29(27)16-20-2-3-20)35(36)39(56)52-25-10-14-33(45)31(19-25)41(46,47)48/h4-10,13-20,26-27,35-37H,2-3,11-12H2,1H3,(H,52,56)(H,53,57)(H,54,55)/b29-16-/t26?,27?,35-,36?,37?/m0/s1. The number of rotatable bonds is 10. The fraction of sp³-hybridized carbons (Fsp3) is 0.310. The number of nitrogens with one attached hydrogen (secondary N) is 3. The molecule has 5 atom stereocenters. The maximum atomic E-state index is 15.4. The fourth-order valence-corrected chi connectivity index (χ4v) is 8.05. The molecule has 0 radical (unpaired) electrons. The molecule has 2 bridgehead atoms. The minimum Gasteiger partial charge on any atom is -0.496 e. The Morgan fingerprint density at radius 2 is 1.47 bits per heavy atom. The highest BCUT2D eigenvalue weighted by molar-refractivity contribution is 6.30. The number of hydrogen-bond acceptors (Lipinski definition) is 5. The van der Waals surface area contributed by atoms with E-state index in [1.165, 1.54) is 49.6 Å². The first-order valence-corrected chi connectivity index (χ1v) is 18.8. The van der Waals surface area contributed by atoms with Crippen molar-refractivity contribution in [2.24, 2.45) is 23.7 Å². The van der Waals surface area contributed by atoms with Crippen LogP contribution >= 0.6 is 11.6 Å². The van der Waals surface area contributed by atoms with Crippen molar-refractivity contribution >= 4 is 40.9 Å². The third kappa shape index (κ3) is 9.02. The number of carbonyl (C=O) groups excluding carboxylic acids is 3. The van der Waals surface area contributed by atoms with E-state index >= 15 is 4.39 Å². The molecule has 310 valence electrons. The molecule has 3 aliphatic rings. The SMILES string of the molecule is COc1ccc(-c2cc(C(OC(=O)Nc3ccc(Cl)cc3)C(F)(F)F)ccc2F)cc1C(=O)NC1C2CCC(/C2=C/C2CC2)[C@@H]1C(=O)Nc1ccc(F)c(C(F)(F)F)c1. The van der Waals surface area contributed by atoms with Crippen molar-refractivity contribution in [3.8, 4) is 16.9 Å². The van der Waals surface area contributed by atoms with E-state index in [4.69, 9.17) is 21.1 Å². The Bertz CT molecular complexity index is 2310. The van der Waals surface area contributed by atoms with Gasteiger partial charge >= 0.3 is 18.4 Å². The van der Waals surface area contributed by atoms with Gasteiger partial charge < -0.3 is 20.1 Å². The highest BCUT2D eigenvalue weighted by Gasteiger charge is 2.55. The van der Waals surface area contributed by atoms with Gasteiger partial charge in [-0.2, -0.15) is 26.3 Å². The number of alkyl halides is 6. The van der Waals surface area contributed by atoms with Crippen molar-refractivity contribution in [3.05, 3.63) is 124 Å². The summed E-state index contributed by atoms with van der Waals surface area (Å²) in [6.45, 7) is 0. The minimum absolute atomic E-state index is 0.00193. The summed E-state index contributed by atoms with van der Waals surface area (Å²) >= 11 is 5.82. The van der Waals surface area contributed by atoms with Crippen LogP contribution in [0.3, 0.4) is 0 Å². The molecule has 4 aromatic carbocycles. The molecule has 0 spiro atoms. The average molecular weight is 848 g/mol. The number of halogens is 9. The molecule has 3 aliphatic carbocycles. The number of hydrogen-bond donors (Lipinski definition) is 3. The second-order valence-corrected chi connectivity index (χ2v) is 15.1. The summed E-state index contributed by atoms with van der Waals surface area (Å²) in [5, 5.41) is 7.88. The summed E-state index contributed by atoms with van der Waals surface area (Å²) in [5.41, 5.74) is -2.00. The largest absolute Gasteiger partial charge is 0.496 e. The molecule has 0 heterocycles. The lowest BCUT2D eigenvalue weighted by Gasteiger charge is -2.30. The first kappa shape index (κ1) is 41.5. The maximum Gasteiger partial charge on any atom is 0.429 e. The molecule has 17 heteroatoms. The van der Waals surface area contributed by atoms with Crippen molar-refractivity contribution in [2.75, 3.05) is 17.7 Å². The molecule has 3 saturated carbocycles. The molecule has 7 rings (SSSR count). The van der Waals surface area contributed by atoms with Crippen LogP contribution in [0, 0.1) is 35.3 Å². The number of fused-ring (bicyclic) bond motifs is 2. The maximum absolute atomic E-state index is 15.4. The number of methoxy groups -OCH3 is 1. The van der Waals surface area contributed by atoms with Crippen molar-refractivity contribution in [2.45, 2.75) is 50.2 Å². The number of anilines is 2. The van der Waals surface area contributed by atoms with Crippen LogP contribution in [0.15, 0.2) is 90.5 Å². The van der Waals surface area contributed by atoms with Gasteiger partial charge in [0.1, 0.15) is 17.4 Å². The molecule has 3 amide bonds. The minimum atomic E-state index is -5.13. The zero-order valence-corrected chi connectivity index (χ0v) is 31.6. The van der Waals surface area contributed by atoms with E-state index in [1.54, 1.807) is 0 Å². The van der Waals surface area contributed by atoms with Crippen molar-refractivity contribution in [1.82, 2.24) is 5.32 Å². The van der Waals surface area contributed by atoms with Gasteiger partial charge in [0.15, 0.2) is 0 Å². The molecule has 0 aliphatic heterocycles. The third-order valence-corrected chi connectivity index (χ3v) is 11.0. The predicted molar refractivity (Wildman–Crippen MR) is 201 cm³/mol. The first-order valence-electron chi connectivity index (χ1n) is 18.4. The fourth-order valence-electron chi connectivity index (χ4n) is 7.93. The summed E-state index contributed by atoms with van der Waals surface area (Å²) < 4.78 is 123. The van der Waals surface area contributed by atoms with Crippen molar-refractivity contribution in [1.29, 1.82) is 0 Å². The second-order valence-electron chi connectivity index (χ2n) is 14.6. The molecule has 59 heavy (non-hydrogen) atoms. The Labute approximate surface area is 336 Å². The van der Waals surface area contributed by atoms with Crippen molar-refractivity contribution in [3.63, 3.8) is 0 Å². The third-order valence-electron chi connectivity index (χ3n) is 10.7. The summed E-state index contributed by atoms with van der Waals surface area (Å²) in [6.07, 6.45) is -9.28. The van der Waals surface area contributed by atoms with Crippen LogP contribution in [0.5, 0.6) is 5.75 Å². The first-order chi connectivity index (χ1) is 27.9. The van der Waals surface area contributed by atoms with Crippen LogP contribution in [0.1, 0.15) is 53.3 Å². The van der Waals surface area contributed by atoms with Crippen LogP contribution in [-0.2, 0) is 15.7 Å². The number of amides is 3. The van der Waals surface area contributed by atoms with Crippen LogP contribution < -0.4 is 20.7 Å². The monoisotopic (exact) mass is 847 g/mol. The van der Waals surface area contributed by atoms with E-state index in [2.05, 4.69) is 22.0 Å². The predicted octanol–water partition coefficient (Wildman–Crippen LogP) is 10.9. The highest BCUT2D eigenvalue weighted by atomic mass is 35.5.